The molecule has 17 heavy (non-hydrogen) atoms. The predicted molar refractivity (Wildman–Crippen MR) is 69.2 cm³/mol. The number of aromatic nitrogens is 2. The highest BCUT2D eigenvalue weighted by atomic mass is 16.5. The molecular formula is C13H19N3O. The van der Waals surface area contributed by atoms with Crippen LogP contribution in [0.3, 0.4) is 0 Å². The highest BCUT2D eigenvalue weighted by Crippen LogP contribution is 2.23. The molecule has 4 heteroatoms. The molecule has 0 radical (unpaired) electrons. The van der Waals surface area contributed by atoms with E-state index in [1.54, 1.807) is 0 Å². The van der Waals surface area contributed by atoms with Gasteiger partial charge >= 0.3 is 0 Å². The zero-order valence-corrected chi connectivity index (χ0v) is 10.9. The monoisotopic (exact) mass is 233 g/mol. The average Bonchev–Trinajstić information content (AvgIpc) is 2.34. The smallest absolute Gasteiger partial charge is 0.223 e. The quantitative estimate of drug-likeness (QED) is 0.792. The molecule has 4 nitrogen and oxygen atoms in total. The highest BCUT2D eigenvalue weighted by Gasteiger charge is 2.12. The second-order valence-corrected chi connectivity index (χ2v) is 3.73. The minimum Gasteiger partial charge on any atom is -0.461 e. The summed E-state index contributed by atoms with van der Waals surface area (Å²) in [5, 5.41) is 3.20. The van der Waals surface area contributed by atoms with Gasteiger partial charge in [0.25, 0.3) is 0 Å². The fourth-order valence-electron chi connectivity index (χ4n) is 1.35. The maximum absolute atomic E-state index is 5.60. The molecule has 0 fully saturated rings. The number of hydrogen-bond acceptors (Lipinski definition) is 4. The van der Waals surface area contributed by atoms with Gasteiger partial charge in [0.15, 0.2) is 6.10 Å². The number of terminal acetylenes is 1. The molecule has 0 aliphatic rings. The Balaban J connectivity index is 3.10. The summed E-state index contributed by atoms with van der Waals surface area (Å²) >= 11 is 0. The van der Waals surface area contributed by atoms with Crippen LogP contribution >= 0.6 is 0 Å². The molecule has 0 bridgehead atoms. The summed E-state index contributed by atoms with van der Waals surface area (Å²) in [5.74, 6) is 4.67. The van der Waals surface area contributed by atoms with E-state index in [1.807, 2.05) is 27.7 Å². The van der Waals surface area contributed by atoms with Gasteiger partial charge in [-0.3, -0.25) is 0 Å². The van der Waals surface area contributed by atoms with E-state index >= 15 is 0 Å². The minimum absolute atomic E-state index is 0.289. The molecule has 1 aromatic rings. The Morgan fingerprint density at radius 1 is 1.41 bits per heavy atom. The third-order valence-electron chi connectivity index (χ3n) is 2.33. The van der Waals surface area contributed by atoms with Gasteiger partial charge < -0.3 is 10.1 Å². The van der Waals surface area contributed by atoms with E-state index in [1.165, 1.54) is 0 Å². The lowest BCUT2D eigenvalue weighted by atomic mass is 10.3. The van der Waals surface area contributed by atoms with E-state index in [9.17, 15) is 0 Å². The summed E-state index contributed by atoms with van der Waals surface area (Å²) in [7, 11) is 0. The molecule has 0 spiro atoms. The van der Waals surface area contributed by atoms with E-state index < -0.39 is 0 Å². The van der Waals surface area contributed by atoms with Gasteiger partial charge in [0, 0.05) is 13.0 Å². The van der Waals surface area contributed by atoms with Crippen LogP contribution in [0.15, 0.2) is 0 Å². The predicted octanol–water partition coefficient (Wildman–Crippen LogP) is 2.18. The number of aryl methyl sites for hydroxylation is 1. The Bertz CT molecular complexity index is 423. The van der Waals surface area contributed by atoms with E-state index in [4.69, 9.17) is 11.2 Å². The Labute approximate surface area is 103 Å². The largest absolute Gasteiger partial charge is 0.461 e. The van der Waals surface area contributed by atoms with Gasteiger partial charge in [-0.15, -0.1) is 6.42 Å². The summed E-state index contributed by atoms with van der Waals surface area (Å²) < 4.78 is 5.60. The highest BCUT2D eigenvalue weighted by molar-refractivity contribution is 5.48. The third-order valence-corrected chi connectivity index (χ3v) is 2.33. The van der Waals surface area contributed by atoms with Gasteiger partial charge in [0.2, 0.25) is 5.88 Å². The number of hydrogen-bond donors (Lipinski definition) is 1. The zero-order chi connectivity index (χ0) is 12.8. The Morgan fingerprint density at radius 2 is 2.12 bits per heavy atom. The zero-order valence-electron chi connectivity index (χ0n) is 10.9. The molecule has 0 aliphatic carbocycles. The lowest BCUT2D eigenvalue weighted by Crippen LogP contribution is -2.14. The number of anilines is 1. The summed E-state index contributed by atoms with van der Waals surface area (Å²) in [6.07, 6.45) is 5.78. The van der Waals surface area contributed by atoms with Gasteiger partial charge in [0.05, 0.1) is 5.56 Å². The summed E-state index contributed by atoms with van der Waals surface area (Å²) in [4.78, 5) is 8.77. The van der Waals surface area contributed by atoms with Crippen LogP contribution in [0.25, 0.3) is 0 Å². The molecule has 1 rings (SSSR count). The molecule has 1 unspecified atom stereocenters. The van der Waals surface area contributed by atoms with Crippen molar-refractivity contribution in [3.8, 4) is 18.2 Å². The van der Waals surface area contributed by atoms with Crippen LogP contribution in [0.2, 0.25) is 0 Å². The Morgan fingerprint density at radius 3 is 2.65 bits per heavy atom. The average molecular weight is 233 g/mol. The first-order chi connectivity index (χ1) is 8.12. The minimum atomic E-state index is -0.289. The lowest BCUT2D eigenvalue weighted by Gasteiger charge is -2.14. The molecule has 0 saturated carbocycles. The van der Waals surface area contributed by atoms with E-state index in [0.717, 1.165) is 30.2 Å². The first kappa shape index (κ1) is 13.3. The second-order valence-electron chi connectivity index (χ2n) is 3.73. The van der Waals surface area contributed by atoms with Gasteiger partial charge in [0.1, 0.15) is 11.6 Å². The van der Waals surface area contributed by atoms with Crippen molar-refractivity contribution in [2.24, 2.45) is 0 Å². The van der Waals surface area contributed by atoms with Crippen molar-refractivity contribution in [1.82, 2.24) is 9.97 Å². The first-order valence-electron chi connectivity index (χ1n) is 5.86. The molecule has 0 aromatic carbocycles. The fraction of sp³-hybridized carbons (Fsp3) is 0.538. The topological polar surface area (TPSA) is 47.0 Å². The molecule has 92 valence electrons. The molecule has 1 atom stereocenters. The molecule has 0 saturated heterocycles. The Hall–Kier alpha value is -1.76. The van der Waals surface area contributed by atoms with Gasteiger partial charge in [-0.25, -0.2) is 4.98 Å². The van der Waals surface area contributed by atoms with Crippen molar-refractivity contribution in [1.29, 1.82) is 0 Å². The van der Waals surface area contributed by atoms with E-state index in [2.05, 4.69) is 21.2 Å². The normalized spacial score (nSPS) is 11.7. The van der Waals surface area contributed by atoms with Crippen molar-refractivity contribution in [3.63, 3.8) is 0 Å². The Kier molecular flexibility index (Phi) is 4.77. The SMILES string of the molecule is C#CC(C)Oc1nc(CC)nc(NCC)c1C. The van der Waals surface area contributed by atoms with Gasteiger partial charge in [-0.05, 0) is 20.8 Å². The first-order valence-corrected chi connectivity index (χ1v) is 5.86. The van der Waals surface area contributed by atoms with Crippen LogP contribution in [0.4, 0.5) is 5.82 Å². The lowest BCUT2D eigenvalue weighted by molar-refractivity contribution is 0.264. The summed E-state index contributed by atoms with van der Waals surface area (Å²) in [6, 6.07) is 0. The van der Waals surface area contributed by atoms with Crippen LogP contribution in [-0.2, 0) is 6.42 Å². The molecular weight excluding hydrogens is 214 g/mol. The van der Waals surface area contributed by atoms with Crippen molar-refractivity contribution >= 4 is 5.82 Å². The number of rotatable bonds is 5. The summed E-state index contributed by atoms with van der Waals surface area (Å²) in [6.45, 7) is 8.59. The van der Waals surface area contributed by atoms with Crippen molar-refractivity contribution in [2.45, 2.75) is 40.2 Å². The van der Waals surface area contributed by atoms with Gasteiger partial charge in [-0.2, -0.15) is 4.98 Å². The number of nitrogens with one attached hydrogen (secondary N) is 1. The maximum atomic E-state index is 5.60. The van der Waals surface area contributed by atoms with E-state index in [0.29, 0.717) is 5.88 Å². The van der Waals surface area contributed by atoms with E-state index in [-0.39, 0.29) is 6.10 Å². The van der Waals surface area contributed by atoms with Crippen LogP contribution in [0, 0.1) is 19.3 Å². The fourth-order valence-corrected chi connectivity index (χ4v) is 1.35. The molecule has 0 aliphatic heterocycles. The maximum Gasteiger partial charge on any atom is 0.223 e. The van der Waals surface area contributed by atoms with Crippen LogP contribution < -0.4 is 10.1 Å². The molecule has 1 N–H and O–H groups in total. The third kappa shape index (κ3) is 3.35. The van der Waals surface area contributed by atoms with Crippen LogP contribution in [0.5, 0.6) is 5.88 Å². The van der Waals surface area contributed by atoms with Crippen molar-refractivity contribution in [2.75, 3.05) is 11.9 Å². The molecule has 1 aromatic heterocycles. The molecule has 1 heterocycles. The number of ether oxygens (including phenoxy) is 1. The van der Waals surface area contributed by atoms with Crippen LogP contribution in [0.1, 0.15) is 32.2 Å². The molecule has 0 amide bonds. The standard InChI is InChI=1S/C13H19N3O/c1-6-9(4)17-13-10(5)12(14-8-3)15-11(7-2)16-13/h1,9H,7-8H2,2-5H3,(H,14,15,16). The van der Waals surface area contributed by atoms with Crippen molar-refractivity contribution < 1.29 is 4.74 Å². The van der Waals surface area contributed by atoms with Crippen molar-refractivity contribution in [3.05, 3.63) is 11.4 Å². The summed E-state index contributed by atoms with van der Waals surface area (Å²) in [5.41, 5.74) is 0.895. The van der Waals surface area contributed by atoms with Crippen LogP contribution in [-0.4, -0.2) is 22.6 Å². The second kappa shape index (κ2) is 6.09. The van der Waals surface area contributed by atoms with Gasteiger partial charge in [-0.1, -0.05) is 12.8 Å². The number of nitrogens with zero attached hydrogens (tertiary/aromatic N) is 2.